The Morgan fingerprint density at radius 3 is 2.87 bits per heavy atom. The highest BCUT2D eigenvalue weighted by atomic mass is 79.9. The monoisotopic (exact) mass is 272 g/mol. The van der Waals surface area contributed by atoms with E-state index in [1.165, 1.54) is 12.5 Å². The Balaban J connectivity index is 2.07. The summed E-state index contributed by atoms with van der Waals surface area (Å²) in [4.78, 5) is 5.99. The van der Waals surface area contributed by atoms with Crippen LogP contribution in [-0.2, 0) is 0 Å². The molecule has 1 saturated carbocycles. The molecule has 2 atom stereocenters. The van der Waals surface area contributed by atoms with Gasteiger partial charge in [0.25, 0.3) is 0 Å². The highest BCUT2D eigenvalue weighted by molar-refractivity contribution is 9.10. The third-order valence-electron chi connectivity index (χ3n) is 2.93. The van der Waals surface area contributed by atoms with Gasteiger partial charge in [0.2, 0.25) is 0 Å². The van der Waals surface area contributed by atoms with Gasteiger partial charge in [0.15, 0.2) is 11.6 Å². The molecule has 2 rings (SSSR count). The normalized spacial score (nSPS) is 24.0. The molecular formula is C11H14BrFN2. The van der Waals surface area contributed by atoms with Crippen LogP contribution in [0.5, 0.6) is 0 Å². The van der Waals surface area contributed by atoms with E-state index >= 15 is 0 Å². The highest BCUT2D eigenvalue weighted by Gasteiger charge is 2.33. The van der Waals surface area contributed by atoms with Crippen molar-refractivity contribution in [2.24, 2.45) is 11.8 Å². The molecule has 2 nitrogen and oxygen atoms in total. The fraction of sp³-hybridized carbons (Fsp3) is 0.545. The summed E-state index contributed by atoms with van der Waals surface area (Å²) in [5, 5.41) is 0. The van der Waals surface area contributed by atoms with Crippen LogP contribution in [0.15, 0.2) is 16.7 Å². The summed E-state index contributed by atoms with van der Waals surface area (Å²) in [5.74, 6) is 1.67. The van der Waals surface area contributed by atoms with E-state index < -0.39 is 0 Å². The zero-order chi connectivity index (χ0) is 11.0. The van der Waals surface area contributed by atoms with E-state index in [1.54, 1.807) is 6.20 Å². The first-order valence-corrected chi connectivity index (χ1v) is 5.89. The van der Waals surface area contributed by atoms with Crippen LogP contribution < -0.4 is 4.90 Å². The quantitative estimate of drug-likeness (QED) is 0.841. The summed E-state index contributed by atoms with van der Waals surface area (Å²) in [5.41, 5.74) is 0. The van der Waals surface area contributed by atoms with E-state index in [-0.39, 0.29) is 5.82 Å². The summed E-state index contributed by atoms with van der Waals surface area (Å²) in [7, 11) is 1.89. The third-order valence-corrected chi connectivity index (χ3v) is 3.37. The Labute approximate surface area is 97.6 Å². The number of aromatic nitrogens is 1. The van der Waals surface area contributed by atoms with E-state index in [4.69, 9.17) is 0 Å². The Morgan fingerprint density at radius 1 is 1.67 bits per heavy atom. The molecule has 0 N–H and O–H groups in total. The van der Waals surface area contributed by atoms with E-state index in [1.807, 2.05) is 11.9 Å². The maximum absolute atomic E-state index is 13.5. The second-order valence-corrected chi connectivity index (χ2v) is 5.23. The van der Waals surface area contributed by atoms with Gasteiger partial charge in [-0.05, 0) is 40.3 Å². The van der Waals surface area contributed by atoms with Crippen LogP contribution in [0.4, 0.5) is 10.2 Å². The van der Waals surface area contributed by atoms with Crippen LogP contribution in [0.3, 0.4) is 0 Å². The fourth-order valence-corrected chi connectivity index (χ4v) is 2.08. The Kier molecular flexibility index (Phi) is 2.96. The maximum Gasteiger partial charge on any atom is 0.166 e. The van der Waals surface area contributed by atoms with Crippen LogP contribution >= 0.6 is 15.9 Å². The topological polar surface area (TPSA) is 16.1 Å². The van der Waals surface area contributed by atoms with Gasteiger partial charge in [-0.25, -0.2) is 9.37 Å². The molecule has 1 aliphatic rings. The summed E-state index contributed by atoms with van der Waals surface area (Å²) < 4.78 is 14.2. The number of nitrogens with zero attached hydrogens (tertiary/aromatic N) is 2. The zero-order valence-corrected chi connectivity index (χ0v) is 10.5. The summed E-state index contributed by atoms with van der Waals surface area (Å²) >= 11 is 3.20. The first-order chi connectivity index (χ1) is 7.08. The molecule has 0 bridgehead atoms. The SMILES string of the molecule is CC1CC1CN(C)c1ncc(Br)cc1F. The number of hydrogen-bond acceptors (Lipinski definition) is 2. The Bertz CT molecular complexity index is 370. The molecule has 4 heteroatoms. The minimum absolute atomic E-state index is 0.264. The van der Waals surface area contributed by atoms with Gasteiger partial charge in [0.1, 0.15) is 0 Å². The molecule has 15 heavy (non-hydrogen) atoms. The second-order valence-electron chi connectivity index (χ2n) is 4.31. The number of pyridine rings is 1. The highest BCUT2D eigenvalue weighted by Crippen LogP contribution is 2.38. The predicted octanol–water partition coefficient (Wildman–Crippen LogP) is 3.08. The van der Waals surface area contributed by atoms with Crippen molar-refractivity contribution in [2.45, 2.75) is 13.3 Å². The van der Waals surface area contributed by atoms with Crippen molar-refractivity contribution in [1.82, 2.24) is 4.98 Å². The van der Waals surface area contributed by atoms with E-state index in [9.17, 15) is 4.39 Å². The van der Waals surface area contributed by atoms with Gasteiger partial charge in [0, 0.05) is 24.3 Å². The molecule has 1 aromatic heterocycles. The molecule has 0 aromatic carbocycles. The van der Waals surface area contributed by atoms with Crippen LogP contribution in [0.2, 0.25) is 0 Å². The average molecular weight is 273 g/mol. The van der Waals surface area contributed by atoms with Gasteiger partial charge in [-0.15, -0.1) is 0 Å². The number of halogens is 2. The molecule has 1 heterocycles. The number of rotatable bonds is 3. The van der Waals surface area contributed by atoms with E-state index in [0.717, 1.165) is 12.5 Å². The molecular weight excluding hydrogens is 259 g/mol. The van der Waals surface area contributed by atoms with Crippen molar-refractivity contribution in [3.05, 3.63) is 22.6 Å². The van der Waals surface area contributed by atoms with Gasteiger partial charge >= 0.3 is 0 Å². The van der Waals surface area contributed by atoms with Crippen molar-refractivity contribution in [3.63, 3.8) is 0 Å². The van der Waals surface area contributed by atoms with Crippen LogP contribution in [-0.4, -0.2) is 18.6 Å². The van der Waals surface area contributed by atoms with E-state index in [0.29, 0.717) is 16.2 Å². The molecule has 1 fully saturated rings. The van der Waals surface area contributed by atoms with Gasteiger partial charge in [0.05, 0.1) is 0 Å². The van der Waals surface area contributed by atoms with Crippen molar-refractivity contribution in [1.29, 1.82) is 0 Å². The molecule has 1 aromatic rings. The number of hydrogen-bond donors (Lipinski definition) is 0. The van der Waals surface area contributed by atoms with Gasteiger partial charge in [-0.3, -0.25) is 0 Å². The average Bonchev–Trinajstić information content (AvgIpc) is 2.81. The smallest absolute Gasteiger partial charge is 0.166 e. The molecule has 0 aliphatic heterocycles. The van der Waals surface area contributed by atoms with E-state index in [2.05, 4.69) is 27.8 Å². The van der Waals surface area contributed by atoms with Gasteiger partial charge < -0.3 is 4.90 Å². The second kappa shape index (κ2) is 4.08. The van der Waals surface area contributed by atoms with Gasteiger partial charge in [-0.1, -0.05) is 6.92 Å². The summed E-state index contributed by atoms with van der Waals surface area (Å²) in [6.45, 7) is 3.12. The molecule has 1 aliphatic carbocycles. The first kappa shape index (κ1) is 10.9. The van der Waals surface area contributed by atoms with Crippen molar-refractivity contribution >= 4 is 21.7 Å². The fourth-order valence-electron chi connectivity index (χ4n) is 1.78. The van der Waals surface area contributed by atoms with Crippen molar-refractivity contribution in [3.8, 4) is 0 Å². The summed E-state index contributed by atoms with van der Waals surface area (Å²) in [6.07, 6.45) is 2.88. The molecule has 0 radical (unpaired) electrons. The standard InChI is InChI=1S/C11H14BrFN2/c1-7-3-8(7)6-15(2)11-10(13)4-9(12)5-14-11/h4-5,7-8H,3,6H2,1-2H3. The van der Waals surface area contributed by atoms with Crippen molar-refractivity contribution < 1.29 is 4.39 Å². The molecule has 82 valence electrons. The lowest BCUT2D eigenvalue weighted by Gasteiger charge is -2.18. The number of anilines is 1. The largest absolute Gasteiger partial charge is 0.357 e. The van der Waals surface area contributed by atoms with Gasteiger partial charge in [-0.2, -0.15) is 0 Å². The lowest BCUT2D eigenvalue weighted by molar-refractivity contribution is 0.607. The molecule has 0 saturated heterocycles. The zero-order valence-electron chi connectivity index (χ0n) is 8.87. The van der Waals surface area contributed by atoms with Crippen LogP contribution in [0.25, 0.3) is 0 Å². The summed E-state index contributed by atoms with van der Waals surface area (Å²) in [6, 6.07) is 1.45. The third kappa shape index (κ3) is 2.48. The lowest BCUT2D eigenvalue weighted by atomic mass is 10.3. The minimum Gasteiger partial charge on any atom is -0.357 e. The molecule has 0 spiro atoms. The Hall–Kier alpha value is -0.640. The molecule has 0 amide bonds. The van der Waals surface area contributed by atoms with Crippen molar-refractivity contribution in [2.75, 3.05) is 18.5 Å². The Morgan fingerprint density at radius 2 is 2.33 bits per heavy atom. The van der Waals surface area contributed by atoms with Crippen LogP contribution in [0, 0.1) is 17.7 Å². The predicted molar refractivity (Wildman–Crippen MR) is 62.4 cm³/mol. The first-order valence-electron chi connectivity index (χ1n) is 5.10. The minimum atomic E-state index is -0.264. The van der Waals surface area contributed by atoms with Crippen LogP contribution in [0.1, 0.15) is 13.3 Å². The maximum atomic E-state index is 13.5. The lowest BCUT2D eigenvalue weighted by Crippen LogP contribution is -2.22. The molecule has 2 unspecified atom stereocenters.